The SMILES string of the molecule is CCCCCCCCCC/C=C/CC[N+](CCC(=O)[O-])(CCC(=O)O)CCC(=O)O. The lowest BCUT2D eigenvalue weighted by molar-refractivity contribution is -0.926. The van der Waals surface area contributed by atoms with Gasteiger partial charge in [-0.15, -0.1) is 0 Å². The smallest absolute Gasteiger partial charge is 0.309 e. The van der Waals surface area contributed by atoms with Gasteiger partial charge in [0, 0.05) is 18.8 Å². The first-order chi connectivity index (χ1) is 14.3. The van der Waals surface area contributed by atoms with E-state index in [9.17, 15) is 19.5 Å². The number of carboxylic acids is 3. The first kappa shape index (κ1) is 28.1. The molecule has 0 aromatic heterocycles. The van der Waals surface area contributed by atoms with Crippen molar-refractivity contribution in [3.05, 3.63) is 12.2 Å². The highest BCUT2D eigenvalue weighted by molar-refractivity contribution is 5.67. The van der Waals surface area contributed by atoms with Crippen molar-refractivity contribution >= 4 is 17.9 Å². The van der Waals surface area contributed by atoms with Gasteiger partial charge < -0.3 is 24.6 Å². The number of carboxylic acid groups (broad SMARTS) is 3. The number of hydrogen-bond donors (Lipinski definition) is 2. The average molecular weight is 428 g/mol. The maximum atomic E-state index is 11.0. The van der Waals surface area contributed by atoms with E-state index in [-0.39, 0.29) is 43.4 Å². The summed E-state index contributed by atoms with van der Waals surface area (Å²) < 4.78 is 0.175. The van der Waals surface area contributed by atoms with Crippen LogP contribution in [0.3, 0.4) is 0 Å². The molecular formula is C23H41NO6. The summed E-state index contributed by atoms with van der Waals surface area (Å²) in [5.74, 6) is -3.13. The molecule has 0 unspecified atom stereocenters. The molecule has 30 heavy (non-hydrogen) atoms. The molecule has 0 aromatic carbocycles. The molecule has 0 atom stereocenters. The maximum Gasteiger partial charge on any atom is 0.309 e. The summed E-state index contributed by atoms with van der Waals surface area (Å²) in [5.41, 5.74) is 0. The second kappa shape index (κ2) is 17.9. The summed E-state index contributed by atoms with van der Waals surface area (Å²) in [4.78, 5) is 33.0. The van der Waals surface area contributed by atoms with Crippen molar-refractivity contribution in [2.45, 2.75) is 90.4 Å². The molecule has 0 saturated carbocycles. The molecule has 0 spiro atoms. The van der Waals surface area contributed by atoms with Crippen LogP contribution in [0.4, 0.5) is 0 Å². The van der Waals surface area contributed by atoms with E-state index in [2.05, 4.69) is 19.1 Å². The average Bonchev–Trinajstić information content (AvgIpc) is 2.69. The van der Waals surface area contributed by atoms with Crippen molar-refractivity contribution in [1.82, 2.24) is 0 Å². The summed E-state index contributed by atoms with van der Waals surface area (Å²) in [5, 5.41) is 29.0. The minimum absolute atomic E-state index is 0.116. The Kier molecular flexibility index (Phi) is 16.8. The number of carbonyl (C=O) groups excluding carboxylic acids is 1. The number of rotatable bonds is 21. The molecule has 7 nitrogen and oxygen atoms in total. The number of carbonyl (C=O) groups is 3. The van der Waals surface area contributed by atoms with Gasteiger partial charge in [0.1, 0.15) is 0 Å². The highest BCUT2D eigenvalue weighted by Crippen LogP contribution is 2.15. The van der Waals surface area contributed by atoms with Gasteiger partial charge in [0.25, 0.3) is 0 Å². The van der Waals surface area contributed by atoms with Gasteiger partial charge in [0.05, 0.1) is 39.0 Å². The molecule has 0 fully saturated rings. The molecule has 174 valence electrons. The van der Waals surface area contributed by atoms with E-state index in [1.807, 2.05) is 0 Å². The Morgan fingerprint density at radius 2 is 1.17 bits per heavy atom. The van der Waals surface area contributed by atoms with Crippen LogP contribution in [0.15, 0.2) is 12.2 Å². The van der Waals surface area contributed by atoms with Crippen LogP contribution in [0.2, 0.25) is 0 Å². The zero-order chi connectivity index (χ0) is 22.7. The molecule has 0 aromatic rings. The fourth-order valence-electron chi connectivity index (χ4n) is 3.65. The second-order valence-corrected chi connectivity index (χ2v) is 8.17. The Bertz CT molecular complexity index is 472. The van der Waals surface area contributed by atoms with Crippen molar-refractivity contribution in [3.8, 4) is 0 Å². The Morgan fingerprint density at radius 3 is 1.67 bits per heavy atom. The summed E-state index contributed by atoms with van der Waals surface area (Å²) in [6.07, 6.45) is 15.6. The highest BCUT2D eigenvalue weighted by atomic mass is 16.4. The van der Waals surface area contributed by atoms with Gasteiger partial charge in [0.2, 0.25) is 0 Å². The Labute approximate surface area is 181 Å². The topological polar surface area (TPSA) is 115 Å². The minimum Gasteiger partial charge on any atom is -0.550 e. The van der Waals surface area contributed by atoms with Crippen LogP contribution < -0.4 is 5.11 Å². The monoisotopic (exact) mass is 427 g/mol. The van der Waals surface area contributed by atoms with E-state index in [4.69, 9.17) is 10.2 Å². The van der Waals surface area contributed by atoms with Gasteiger partial charge in [-0.3, -0.25) is 9.59 Å². The lowest BCUT2D eigenvalue weighted by Gasteiger charge is -2.38. The Hall–Kier alpha value is -1.89. The van der Waals surface area contributed by atoms with Crippen molar-refractivity contribution < 1.29 is 34.2 Å². The largest absolute Gasteiger partial charge is 0.550 e. The van der Waals surface area contributed by atoms with E-state index >= 15 is 0 Å². The highest BCUT2D eigenvalue weighted by Gasteiger charge is 2.28. The van der Waals surface area contributed by atoms with E-state index in [0.29, 0.717) is 13.0 Å². The van der Waals surface area contributed by atoms with Crippen LogP contribution in [0.25, 0.3) is 0 Å². The Balaban J connectivity index is 4.44. The molecule has 0 heterocycles. The molecule has 0 bridgehead atoms. The van der Waals surface area contributed by atoms with Gasteiger partial charge in [-0.25, -0.2) is 0 Å². The zero-order valence-electron chi connectivity index (χ0n) is 18.7. The van der Waals surface area contributed by atoms with Crippen LogP contribution >= 0.6 is 0 Å². The molecular weight excluding hydrogens is 386 g/mol. The number of aliphatic carboxylic acids is 3. The molecule has 0 radical (unpaired) electrons. The third-order valence-electron chi connectivity index (χ3n) is 5.55. The fraction of sp³-hybridized carbons (Fsp3) is 0.783. The van der Waals surface area contributed by atoms with Gasteiger partial charge in [0.15, 0.2) is 0 Å². The van der Waals surface area contributed by atoms with Crippen molar-refractivity contribution in [1.29, 1.82) is 0 Å². The minimum atomic E-state index is -1.20. The van der Waals surface area contributed by atoms with Crippen LogP contribution in [-0.2, 0) is 14.4 Å². The second-order valence-electron chi connectivity index (χ2n) is 8.17. The zero-order valence-corrected chi connectivity index (χ0v) is 18.7. The van der Waals surface area contributed by atoms with Crippen LogP contribution in [-0.4, -0.2) is 58.8 Å². The van der Waals surface area contributed by atoms with Crippen LogP contribution in [0, 0.1) is 0 Å². The predicted molar refractivity (Wildman–Crippen MR) is 115 cm³/mol. The van der Waals surface area contributed by atoms with Crippen molar-refractivity contribution in [2.75, 3.05) is 26.2 Å². The van der Waals surface area contributed by atoms with Gasteiger partial charge in [-0.1, -0.05) is 64.0 Å². The Morgan fingerprint density at radius 1 is 0.700 bits per heavy atom. The first-order valence-electron chi connectivity index (χ1n) is 11.4. The molecule has 0 amide bonds. The number of nitrogens with zero attached hydrogens (tertiary/aromatic N) is 1. The standard InChI is InChI=1S/C23H41NO6/c1-2-3-4-5-6-7-8-9-10-11-12-13-17-24(18-14-21(25)26,19-15-22(27)28)20-16-23(29)30/h11-12H,2-10,13-20H2,1H3,(H2-,25,26,27,28,29,30)/b12-11+. The van der Waals surface area contributed by atoms with Gasteiger partial charge >= 0.3 is 11.9 Å². The van der Waals surface area contributed by atoms with Crippen LogP contribution in [0.1, 0.15) is 90.4 Å². The molecule has 7 heteroatoms. The number of hydrogen-bond acceptors (Lipinski definition) is 4. The molecule has 0 saturated heterocycles. The van der Waals surface area contributed by atoms with E-state index in [0.717, 1.165) is 12.8 Å². The number of quaternary nitrogens is 1. The number of allylic oxidation sites excluding steroid dienone is 1. The summed E-state index contributed by atoms with van der Waals surface area (Å²) in [6, 6.07) is 0. The van der Waals surface area contributed by atoms with Gasteiger partial charge in [-0.05, 0) is 12.8 Å². The summed E-state index contributed by atoms with van der Waals surface area (Å²) in [6.45, 7) is 3.39. The molecule has 0 rings (SSSR count). The normalized spacial score (nSPS) is 11.8. The van der Waals surface area contributed by atoms with E-state index in [1.54, 1.807) is 0 Å². The van der Waals surface area contributed by atoms with Gasteiger partial charge in [-0.2, -0.15) is 0 Å². The summed E-state index contributed by atoms with van der Waals surface area (Å²) >= 11 is 0. The van der Waals surface area contributed by atoms with Crippen molar-refractivity contribution in [3.63, 3.8) is 0 Å². The number of unbranched alkanes of at least 4 members (excludes halogenated alkanes) is 8. The van der Waals surface area contributed by atoms with Crippen LogP contribution in [0.5, 0.6) is 0 Å². The third-order valence-corrected chi connectivity index (χ3v) is 5.55. The summed E-state index contributed by atoms with van der Waals surface area (Å²) in [7, 11) is 0. The fourth-order valence-corrected chi connectivity index (χ4v) is 3.65. The van der Waals surface area contributed by atoms with E-state index in [1.165, 1.54) is 44.9 Å². The van der Waals surface area contributed by atoms with Crippen molar-refractivity contribution in [2.24, 2.45) is 0 Å². The quantitative estimate of drug-likeness (QED) is 0.165. The molecule has 0 aliphatic rings. The molecule has 2 N–H and O–H groups in total. The third kappa shape index (κ3) is 17.0. The predicted octanol–water partition coefficient (Wildman–Crippen LogP) is 3.37. The first-order valence-corrected chi connectivity index (χ1v) is 11.4. The molecule has 0 aliphatic carbocycles. The lowest BCUT2D eigenvalue weighted by Crippen LogP contribution is -2.52. The maximum absolute atomic E-state index is 11.0. The van der Waals surface area contributed by atoms with E-state index < -0.39 is 17.9 Å². The lowest BCUT2D eigenvalue weighted by atomic mass is 10.1. The molecule has 0 aliphatic heterocycles.